The number of sulfone groups is 1. The van der Waals surface area contributed by atoms with Crippen molar-refractivity contribution in [3.63, 3.8) is 0 Å². The molecule has 5 heteroatoms. The highest BCUT2D eigenvalue weighted by atomic mass is 32.2. The maximum atomic E-state index is 11.2. The van der Waals surface area contributed by atoms with Crippen molar-refractivity contribution in [2.45, 2.75) is 38.7 Å². The Kier molecular flexibility index (Phi) is 6.31. The molecular weight excluding hydrogens is 226 g/mol. The van der Waals surface area contributed by atoms with Crippen LogP contribution in [0.2, 0.25) is 0 Å². The van der Waals surface area contributed by atoms with Crippen molar-refractivity contribution >= 4 is 9.84 Å². The second kappa shape index (κ2) is 7.25. The van der Waals surface area contributed by atoms with E-state index in [0.29, 0.717) is 18.3 Å². The van der Waals surface area contributed by atoms with Crippen molar-refractivity contribution in [3.8, 4) is 0 Å². The zero-order valence-electron chi connectivity index (χ0n) is 10.1. The van der Waals surface area contributed by atoms with E-state index in [4.69, 9.17) is 4.74 Å². The molecule has 0 bridgehead atoms. The molecule has 1 aliphatic heterocycles. The van der Waals surface area contributed by atoms with E-state index in [2.05, 4.69) is 5.32 Å². The summed E-state index contributed by atoms with van der Waals surface area (Å²) in [6.07, 6.45) is 4.53. The fourth-order valence-corrected chi connectivity index (χ4v) is 2.69. The van der Waals surface area contributed by atoms with Crippen LogP contribution in [0.3, 0.4) is 0 Å². The maximum Gasteiger partial charge on any atom is 0.150 e. The van der Waals surface area contributed by atoms with E-state index >= 15 is 0 Å². The van der Waals surface area contributed by atoms with Crippen LogP contribution in [-0.2, 0) is 14.6 Å². The molecule has 0 amide bonds. The zero-order chi connectivity index (χ0) is 11.9. The lowest BCUT2D eigenvalue weighted by molar-refractivity contribution is 0.104. The fraction of sp³-hybridized carbons (Fsp3) is 1.00. The molecule has 1 fully saturated rings. The average molecular weight is 249 g/mol. The van der Waals surface area contributed by atoms with Crippen LogP contribution in [0.5, 0.6) is 0 Å². The molecule has 1 atom stereocenters. The van der Waals surface area contributed by atoms with Crippen LogP contribution in [0.1, 0.15) is 32.6 Å². The summed E-state index contributed by atoms with van der Waals surface area (Å²) in [6.45, 7) is 4.31. The summed E-state index contributed by atoms with van der Waals surface area (Å²) in [4.78, 5) is 0. The number of ether oxygens (including phenoxy) is 1. The zero-order valence-corrected chi connectivity index (χ0v) is 10.9. The molecule has 0 radical (unpaired) electrons. The van der Waals surface area contributed by atoms with Gasteiger partial charge in [-0.15, -0.1) is 0 Å². The van der Waals surface area contributed by atoms with Crippen LogP contribution in [0.15, 0.2) is 0 Å². The lowest BCUT2D eigenvalue weighted by Crippen LogP contribution is -2.23. The first kappa shape index (κ1) is 13.9. The van der Waals surface area contributed by atoms with Gasteiger partial charge in [0.1, 0.15) is 9.84 Å². The minimum absolute atomic E-state index is 0.253. The van der Waals surface area contributed by atoms with Gasteiger partial charge in [0.2, 0.25) is 0 Å². The first-order chi connectivity index (χ1) is 7.64. The largest absolute Gasteiger partial charge is 0.378 e. The topological polar surface area (TPSA) is 55.4 Å². The second-order valence-electron chi connectivity index (χ2n) is 4.26. The third-order valence-corrected chi connectivity index (χ3v) is 4.71. The second-order valence-corrected chi connectivity index (χ2v) is 6.74. The van der Waals surface area contributed by atoms with Gasteiger partial charge < -0.3 is 10.1 Å². The molecule has 1 saturated heterocycles. The summed E-state index contributed by atoms with van der Waals surface area (Å²) in [5, 5.41) is 3.26. The molecule has 0 aromatic heterocycles. The fourth-order valence-electron chi connectivity index (χ4n) is 1.82. The van der Waals surface area contributed by atoms with Gasteiger partial charge in [0, 0.05) is 12.4 Å². The van der Waals surface area contributed by atoms with Gasteiger partial charge in [0.05, 0.1) is 11.9 Å². The standard InChI is InChI=1S/C11H23NO3S/c1-2-16(13,14)10-4-7-12-8-6-11-5-3-9-15-11/h11-12H,2-10H2,1H3. The Balaban J connectivity index is 1.92. The number of rotatable bonds is 8. The van der Waals surface area contributed by atoms with Crippen LogP contribution in [0.4, 0.5) is 0 Å². The Morgan fingerprint density at radius 3 is 2.81 bits per heavy atom. The van der Waals surface area contributed by atoms with Crippen molar-refractivity contribution < 1.29 is 13.2 Å². The molecule has 1 heterocycles. The van der Waals surface area contributed by atoms with Crippen molar-refractivity contribution in [3.05, 3.63) is 0 Å². The molecular formula is C11H23NO3S. The Morgan fingerprint density at radius 2 is 2.19 bits per heavy atom. The van der Waals surface area contributed by atoms with E-state index in [-0.39, 0.29) is 5.75 Å². The molecule has 1 rings (SSSR count). The Hall–Kier alpha value is -0.130. The van der Waals surface area contributed by atoms with Gasteiger partial charge in [-0.2, -0.15) is 0 Å². The van der Waals surface area contributed by atoms with Crippen LogP contribution < -0.4 is 5.32 Å². The summed E-state index contributed by atoms with van der Waals surface area (Å²) in [7, 11) is -2.79. The maximum absolute atomic E-state index is 11.2. The third-order valence-electron chi connectivity index (χ3n) is 2.92. The van der Waals surface area contributed by atoms with Crippen molar-refractivity contribution in [1.82, 2.24) is 5.32 Å². The van der Waals surface area contributed by atoms with E-state index in [1.165, 1.54) is 12.8 Å². The molecule has 96 valence electrons. The predicted molar refractivity (Wildman–Crippen MR) is 65.4 cm³/mol. The SMILES string of the molecule is CCS(=O)(=O)CCCNCCC1CCCO1. The van der Waals surface area contributed by atoms with E-state index in [1.54, 1.807) is 6.92 Å². The number of hydrogen-bond acceptors (Lipinski definition) is 4. The van der Waals surface area contributed by atoms with Crippen molar-refractivity contribution in [1.29, 1.82) is 0 Å². The average Bonchev–Trinajstić information content (AvgIpc) is 2.76. The summed E-state index contributed by atoms with van der Waals surface area (Å²) in [6, 6.07) is 0. The molecule has 0 saturated carbocycles. The molecule has 0 spiro atoms. The highest BCUT2D eigenvalue weighted by Crippen LogP contribution is 2.14. The highest BCUT2D eigenvalue weighted by Gasteiger charge is 2.14. The first-order valence-electron chi connectivity index (χ1n) is 6.17. The number of nitrogens with one attached hydrogen (secondary N) is 1. The van der Waals surface area contributed by atoms with Crippen LogP contribution >= 0.6 is 0 Å². The lowest BCUT2D eigenvalue weighted by atomic mass is 10.2. The van der Waals surface area contributed by atoms with Crippen LogP contribution in [0.25, 0.3) is 0 Å². The molecule has 1 N–H and O–H groups in total. The molecule has 0 aromatic carbocycles. The smallest absolute Gasteiger partial charge is 0.150 e. The van der Waals surface area contributed by atoms with Gasteiger partial charge in [-0.05, 0) is 38.8 Å². The molecule has 0 aromatic rings. The van der Waals surface area contributed by atoms with E-state index < -0.39 is 9.84 Å². The molecule has 1 unspecified atom stereocenters. The minimum Gasteiger partial charge on any atom is -0.378 e. The predicted octanol–water partition coefficient (Wildman–Crippen LogP) is 0.970. The molecule has 16 heavy (non-hydrogen) atoms. The monoisotopic (exact) mass is 249 g/mol. The Bertz CT molecular complexity index is 271. The van der Waals surface area contributed by atoms with Gasteiger partial charge in [-0.3, -0.25) is 0 Å². The number of hydrogen-bond donors (Lipinski definition) is 1. The summed E-state index contributed by atoms with van der Waals surface area (Å²) in [5.41, 5.74) is 0. The van der Waals surface area contributed by atoms with Gasteiger partial charge in [-0.1, -0.05) is 6.92 Å². The quantitative estimate of drug-likeness (QED) is 0.651. The van der Waals surface area contributed by atoms with E-state index in [9.17, 15) is 8.42 Å². The molecule has 1 aliphatic rings. The van der Waals surface area contributed by atoms with Gasteiger partial charge >= 0.3 is 0 Å². The Morgan fingerprint density at radius 1 is 1.38 bits per heavy atom. The van der Waals surface area contributed by atoms with Crippen molar-refractivity contribution in [2.75, 3.05) is 31.2 Å². The van der Waals surface area contributed by atoms with Gasteiger partial charge in [0.25, 0.3) is 0 Å². The molecule has 4 nitrogen and oxygen atoms in total. The normalized spacial score (nSPS) is 21.4. The van der Waals surface area contributed by atoms with Crippen LogP contribution in [0, 0.1) is 0 Å². The van der Waals surface area contributed by atoms with Gasteiger partial charge in [-0.25, -0.2) is 8.42 Å². The summed E-state index contributed by atoms with van der Waals surface area (Å²) >= 11 is 0. The summed E-state index contributed by atoms with van der Waals surface area (Å²) < 4.78 is 27.9. The van der Waals surface area contributed by atoms with Gasteiger partial charge in [0.15, 0.2) is 0 Å². The minimum atomic E-state index is -2.79. The van der Waals surface area contributed by atoms with E-state index in [0.717, 1.165) is 26.1 Å². The Labute approximate surface area is 98.7 Å². The van der Waals surface area contributed by atoms with Crippen LogP contribution in [-0.4, -0.2) is 45.7 Å². The highest BCUT2D eigenvalue weighted by molar-refractivity contribution is 7.91. The van der Waals surface area contributed by atoms with E-state index in [1.807, 2.05) is 0 Å². The molecule has 0 aliphatic carbocycles. The first-order valence-corrected chi connectivity index (χ1v) is 7.99. The van der Waals surface area contributed by atoms with Crippen molar-refractivity contribution in [2.24, 2.45) is 0 Å². The third kappa shape index (κ3) is 5.82. The lowest BCUT2D eigenvalue weighted by Gasteiger charge is -2.09. The summed E-state index contributed by atoms with van der Waals surface area (Å²) in [5.74, 6) is 0.555.